The molecule has 4 aromatic rings. The van der Waals surface area contributed by atoms with Crippen LogP contribution < -0.4 is 9.46 Å². The van der Waals surface area contributed by atoms with Crippen LogP contribution in [0.5, 0.6) is 5.75 Å². The summed E-state index contributed by atoms with van der Waals surface area (Å²) in [6, 6.07) is 9.78. The van der Waals surface area contributed by atoms with Crippen LogP contribution in [-0.2, 0) is 30.2 Å². The van der Waals surface area contributed by atoms with Crippen LogP contribution in [0.4, 0.5) is 0 Å². The van der Waals surface area contributed by atoms with Crippen molar-refractivity contribution in [2.45, 2.75) is 45.6 Å². The number of nitrogens with one attached hydrogen (secondary N) is 1. The van der Waals surface area contributed by atoms with E-state index < -0.39 is 15.3 Å². The van der Waals surface area contributed by atoms with Crippen molar-refractivity contribution in [3.8, 4) is 17.0 Å². The summed E-state index contributed by atoms with van der Waals surface area (Å²) < 4.78 is 35.6. The van der Waals surface area contributed by atoms with Gasteiger partial charge in [-0.15, -0.1) is 0 Å². The van der Waals surface area contributed by atoms with Gasteiger partial charge < -0.3 is 4.74 Å². The number of hydrogen-bond donors (Lipinski definition) is 1. The number of aryl methyl sites for hydroxylation is 2. The van der Waals surface area contributed by atoms with E-state index in [1.807, 2.05) is 55.9 Å². The number of fused-ring (bicyclic) bond motifs is 1. The molecule has 0 fully saturated rings. The Morgan fingerprint density at radius 1 is 1.23 bits per heavy atom. The molecule has 1 aromatic carbocycles. The predicted octanol–water partition coefficient (Wildman–Crippen LogP) is 4.79. The summed E-state index contributed by atoms with van der Waals surface area (Å²) >= 11 is 6.44. The molecule has 4 rings (SSSR count). The molecule has 0 aliphatic heterocycles. The molecule has 0 bridgehead atoms. The summed E-state index contributed by atoms with van der Waals surface area (Å²) in [5.74, 6) is 0.605. The second kappa shape index (κ2) is 10.3. The molecule has 0 spiro atoms. The largest absolute Gasteiger partial charge is 0.487 e. The zero-order valence-electron chi connectivity index (χ0n) is 20.1. The molecular weight excluding hydrogens is 486 g/mol. The highest BCUT2D eigenvalue weighted by Gasteiger charge is 2.20. The summed E-state index contributed by atoms with van der Waals surface area (Å²) in [4.78, 5) is 8.87. The number of rotatable bonds is 9. The van der Waals surface area contributed by atoms with Crippen LogP contribution >= 0.6 is 11.6 Å². The first-order valence-corrected chi connectivity index (χ1v) is 13.2. The Morgan fingerprint density at radius 3 is 2.74 bits per heavy atom. The molecule has 1 unspecified atom stereocenters. The molecule has 0 amide bonds. The fourth-order valence-corrected chi connectivity index (χ4v) is 5.13. The summed E-state index contributed by atoms with van der Waals surface area (Å²) in [5.41, 5.74) is 4.90. The maximum Gasteiger partial charge on any atom is 0.214 e. The van der Waals surface area contributed by atoms with Gasteiger partial charge in [-0.1, -0.05) is 30.7 Å². The van der Waals surface area contributed by atoms with Gasteiger partial charge in [0.15, 0.2) is 0 Å². The van der Waals surface area contributed by atoms with Crippen LogP contribution in [0.15, 0.2) is 48.9 Å². The number of pyridine rings is 2. The zero-order valence-corrected chi connectivity index (χ0v) is 21.7. The number of nitrogens with zero attached hydrogens (tertiary/aromatic N) is 4. The Kier molecular flexibility index (Phi) is 7.39. The van der Waals surface area contributed by atoms with Gasteiger partial charge in [-0.25, -0.2) is 18.1 Å². The predicted molar refractivity (Wildman–Crippen MR) is 138 cm³/mol. The molecule has 1 atom stereocenters. The van der Waals surface area contributed by atoms with Crippen molar-refractivity contribution in [2.24, 2.45) is 7.05 Å². The number of hydrogen-bond acceptors (Lipinski definition) is 6. The lowest BCUT2D eigenvalue weighted by molar-refractivity contribution is 0.308. The molecule has 0 aliphatic carbocycles. The molecule has 184 valence electrons. The van der Waals surface area contributed by atoms with Gasteiger partial charge in [0.05, 0.1) is 16.0 Å². The van der Waals surface area contributed by atoms with E-state index in [9.17, 15) is 8.42 Å². The lowest BCUT2D eigenvalue weighted by Crippen LogP contribution is -2.32. The Hall–Kier alpha value is -3.01. The second-order valence-electron chi connectivity index (χ2n) is 8.44. The van der Waals surface area contributed by atoms with Crippen molar-refractivity contribution in [3.63, 3.8) is 0 Å². The lowest BCUT2D eigenvalue weighted by Gasteiger charge is -2.16. The van der Waals surface area contributed by atoms with E-state index in [4.69, 9.17) is 21.3 Å². The standard InChI is InChI=1S/C25H28ClN5O3S/c1-5-17(3)35(32,33)29-13-18-12-27-14-22(26)21(18)15-34-24-8-6-7-19-20(11-16(2)30-25(19)24)23-9-10-28-31(23)4/h6-12,14,17,29H,5,13,15H2,1-4H3. The first kappa shape index (κ1) is 25.1. The minimum atomic E-state index is -3.45. The minimum absolute atomic E-state index is 0.0798. The lowest BCUT2D eigenvalue weighted by atomic mass is 10.0. The maximum atomic E-state index is 12.4. The van der Waals surface area contributed by atoms with Crippen molar-refractivity contribution in [2.75, 3.05) is 0 Å². The number of aromatic nitrogens is 4. The van der Waals surface area contributed by atoms with Crippen molar-refractivity contribution in [1.82, 2.24) is 24.5 Å². The van der Waals surface area contributed by atoms with E-state index in [0.717, 1.165) is 27.9 Å². The fraction of sp³-hybridized carbons (Fsp3) is 0.320. The first-order chi connectivity index (χ1) is 16.7. The molecule has 3 aromatic heterocycles. The summed E-state index contributed by atoms with van der Waals surface area (Å²) in [6.07, 6.45) is 5.42. The normalized spacial score (nSPS) is 12.7. The van der Waals surface area contributed by atoms with E-state index in [0.29, 0.717) is 28.3 Å². The van der Waals surface area contributed by atoms with Crippen molar-refractivity contribution >= 4 is 32.5 Å². The summed E-state index contributed by atoms with van der Waals surface area (Å²) in [6.45, 7) is 5.67. The van der Waals surface area contributed by atoms with E-state index in [-0.39, 0.29) is 13.2 Å². The third-order valence-electron chi connectivity index (χ3n) is 6.06. The number of halogens is 1. The van der Waals surface area contributed by atoms with Crippen LogP contribution in [0.1, 0.15) is 37.1 Å². The highest BCUT2D eigenvalue weighted by atomic mass is 35.5. The second-order valence-corrected chi connectivity index (χ2v) is 11.0. The molecule has 3 heterocycles. The van der Waals surface area contributed by atoms with Gasteiger partial charge in [0.1, 0.15) is 17.9 Å². The van der Waals surface area contributed by atoms with Crippen LogP contribution in [0, 0.1) is 6.92 Å². The van der Waals surface area contributed by atoms with Gasteiger partial charge in [-0.05, 0) is 44.0 Å². The van der Waals surface area contributed by atoms with Gasteiger partial charge in [0.2, 0.25) is 10.0 Å². The Morgan fingerprint density at radius 2 is 2.03 bits per heavy atom. The number of ether oxygens (including phenoxy) is 1. The Bertz CT molecular complexity index is 1470. The van der Waals surface area contributed by atoms with E-state index in [2.05, 4.69) is 14.8 Å². The number of benzene rings is 1. The van der Waals surface area contributed by atoms with Gasteiger partial charge >= 0.3 is 0 Å². The highest BCUT2D eigenvalue weighted by molar-refractivity contribution is 7.90. The van der Waals surface area contributed by atoms with E-state index in [1.54, 1.807) is 19.3 Å². The average molecular weight is 514 g/mol. The van der Waals surface area contributed by atoms with Crippen molar-refractivity contribution in [1.29, 1.82) is 0 Å². The molecule has 0 aliphatic rings. The molecule has 1 N–H and O–H groups in total. The average Bonchev–Trinajstić information content (AvgIpc) is 3.26. The highest BCUT2D eigenvalue weighted by Crippen LogP contribution is 2.33. The third kappa shape index (κ3) is 5.32. The van der Waals surface area contributed by atoms with Crippen LogP contribution in [-0.4, -0.2) is 33.4 Å². The van der Waals surface area contributed by atoms with Crippen LogP contribution in [0.25, 0.3) is 22.2 Å². The van der Waals surface area contributed by atoms with Crippen LogP contribution in [0.3, 0.4) is 0 Å². The maximum absolute atomic E-state index is 12.4. The quantitative estimate of drug-likeness (QED) is 0.345. The molecule has 8 nitrogen and oxygen atoms in total. The summed E-state index contributed by atoms with van der Waals surface area (Å²) in [5, 5.41) is 5.15. The van der Waals surface area contributed by atoms with Gasteiger partial charge in [-0.3, -0.25) is 9.67 Å². The molecule has 35 heavy (non-hydrogen) atoms. The smallest absolute Gasteiger partial charge is 0.214 e. The third-order valence-corrected chi connectivity index (χ3v) is 8.33. The number of para-hydroxylation sites is 1. The molecule has 0 radical (unpaired) electrons. The molecule has 10 heteroatoms. The minimum Gasteiger partial charge on any atom is -0.487 e. The van der Waals surface area contributed by atoms with Gasteiger partial charge in [0, 0.05) is 54.4 Å². The molecule has 0 saturated heterocycles. The van der Waals surface area contributed by atoms with Crippen molar-refractivity contribution < 1.29 is 13.2 Å². The van der Waals surface area contributed by atoms with Crippen molar-refractivity contribution in [3.05, 3.63) is 70.8 Å². The zero-order chi connectivity index (χ0) is 25.2. The van der Waals surface area contributed by atoms with Gasteiger partial charge in [-0.2, -0.15) is 5.10 Å². The first-order valence-electron chi connectivity index (χ1n) is 11.3. The Labute approximate surface area is 210 Å². The fourth-order valence-electron chi connectivity index (χ4n) is 3.82. The van der Waals surface area contributed by atoms with Crippen LogP contribution in [0.2, 0.25) is 5.02 Å². The molecular formula is C25H28ClN5O3S. The monoisotopic (exact) mass is 513 g/mol. The topological polar surface area (TPSA) is 99.0 Å². The number of sulfonamides is 1. The molecule has 0 saturated carbocycles. The summed E-state index contributed by atoms with van der Waals surface area (Å²) in [7, 11) is -1.54. The SMILES string of the molecule is CCC(C)S(=O)(=O)NCc1cncc(Cl)c1COc1cccc2c(-c3ccnn3C)cc(C)nc12. The Balaban J connectivity index is 1.65. The van der Waals surface area contributed by atoms with Gasteiger partial charge in [0.25, 0.3) is 0 Å². The van der Waals surface area contributed by atoms with E-state index in [1.165, 1.54) is 6.20 Å². The van der Waals surface area contributed by atoms with E-state index >= 15 is 0 Å².